The number of hydrogen-bond donors (Lipinski definition) is 1. The van der Waals surface area contributed by atoms with Crippen LogP contribution in [-0.4, -0.2) is 37.3 Å². The molecule has 0 aliphatic rings. The smallest absolute Gasteiger partial charge is 0.308 e. The largest absolute Gasteiger partial charge is 0.427 e. The third-order valence-electron chi connectivity index (χ3n) is 3.86. The van der Waals surface area contributed by atoms with Gasteiger partial charge in [-0.25, -0.2) is 0 Å². The molecular formula is C19H17N5O5S. The van der Waals surface area contributed by atoms with Crippen LogP contribution in [0.3, 0.4) is 0 Å². The van der Waals surface area contributed by atoms with Crippen LogP contribution in [0.4, 0.5) is 11.4 Å². The molecule has 0 bridgehead atoms. The Balaban J connectivity index is 1.64. The number of rotatable bonds is 7. The van der Waals surface area contributed by atoms with Gasteiger partial charge in [0.25, 0.3) is 5.69 Å². The molecule has 1 aromatic heterocycles. The molecule has 3 aromatic rings. The van der Waals surface area contributed by atoms with Crippen LogP contribution in [0.5, 0.6) is 5.75 Å². The van der Waals surface area contributed by atoms with Crippen molar-refractivity contribution in [1.82, 2.24) is 14.8 Å². The number of non-ortho nitro benzene ring substituents is 1. The Morgan fingerprint density at radius 1 is 1.20 bits per heavy atom. The van der Waals surface area contributed by atoms with E-state index in [2.05, 4.69) is 15.5 Å². The highest BCUT2D eigenvalue weighted by molar-refractivity contribution is 7.99. The summed E-state index contributed by atoms with van der Waals surface area (Å²) in [4.78, 5) is 33.8. The van der Waals surface area contributed by atoms with Crippen molar-refractivity contribution >= 4 is 35.0 Å². The summed E-state index contributed by atoms with van der Waals surface area (Å²) in [5.74, 6) is 0.132. The van der Waals surface area contributed by atoms with E-state index in [-0.39, 0.29) is 17.3 Å². The molecule has 154 valence electrons. The van der Waals surface area contributed by atoms with E-state index in [0.717, 1.165) is 0 Å². The second-order valence-electron chi connectivity index (χ2n) is 6.13. The summed E-state index contributed by atoms with van der Waals surface area (Å²) in [5.41, 5.74) is 1.01. The number of benzene rings is 2. The molecule has 10 nitrogen and oxygen atoms in total. The van der Waals surface area contributed by atoms with Crippen LogP contribution in [0.15, 0.2) is 53.7 Å². The minimum absolute atomic E-state index is 0.0416. The van der Waals surface area contributed by atoms with Gasteiger partial charge in [0, 0.05) is 43.4 Å². The molecule has 0 spiro atoms. The Bertz CT molecular complexity index is 1110. The van der Waals surface area contributed by atoms with E-state index < -0.39 is 10.9 Å². The number of carbonyl (C=O) groups excluding carboxylic acids is 2. The summed E-state index contributed by atoms with van der Waals surface area (Å²) in [7, 11) is 1.72. The zero-order valence-electron chi connectivity index (χ0n) is 16.1. The second kappa shape index (κ2) is 9.18. The number of aromatic nitrogens is 3. The Morgan fingerprint density at radius 2 is 1.97 bits per heavy atom. The first-order chi connectivity index (χ1) is 14.3. The monoisotopic (exact) mass is 427 g/mol. The predicted octanol–water partition coefficient (Wildman–Crippen LogP) is 3.05. The molecule has 3 rings (SSSR count). The molecule has 0 unspecified atom stereocenters. The fraction of sp³-hybridized carbons (Fsp3) is 0.158. The minimum atomic E-state index is -0.476. The molecule has 11 heteroatoms. The standard InChI is InChI=1S/C19H17N5O5S/c1-12(25)29-16-8-4-6-14(10-16)20-17(26)11-30-19-22-21-18(23(19)2)13-5-3-7-15(9-13)24(27)28/h3-10H,11H2,1-2H3,(H,20,26). The second-order valence-corrected chi connectivity index (χ2v) is 7.07. The maximum atomic E-state index is 12.3. The van der Waals surface area contributed by atoms with Crippen molar-refractivity contribution in [2.75, 3.05) is 11.1 Å². The van der Waals surface area contributed by atoms with Gasteiger partial charge in [0.05, 0.1) is 10.7 Å². The van der Waals surface area contributed by atoms with Gasteiger partial charge in [-0.05, 0) is 12.1 Å². The summed E-state index contributed by atoms with van der Waals surface area (Å²) in [6, 6.07) is 12.6. The molecule has 0 radical (unpaired) electrons. The highest BCUT2D eigenvalue weighted by atomic mass is 32.2. The molecule has 0 saturated heterocycles. The molecule has 1 N–H and O–H groups in total. The summed E-state index contributed by atoms with van der Waals surface area (Å²) in [5, 5.41) is 22.3. The first-order valence-corrected chi connectivity index (χ1v) is 9.67. The van der Waals surface area contributed by atoms with Gasteiger partial charge in [0.1, 0.15) is 5.75 Å². The number of thioether (sulfide) groups is 1. The molecule has 0 aliphatic carbocycles. The number of nitrogens with zero attached hydrogens (tertiary/aromatic N) is 4. The van der Waals surface area contributed by atoms with E-state index >= 15 is 0 Å². The lowest BCUT2D eigenvalue weighted by atomic mass is 10.2. The van der Waals surface area contributed by atoms with E-state index in [0.29, 0.717) is 28.0 Å². The fourth-order valence-corrected chi connectivity index (χ4v) is 3.29. The number of anilines is 1. The van der Waals surface area contributed by atoms with Gasteiger partial charge in [0.15, 0.2) is 11.0 Å². The first kappa shape index (κ1) is 21.0. The van der Waals surface area contributed by atoms with Crippen LogP contribution in [0.25, 0.3) is 11.4 Å². The predicted molar refractivity (Wildman–Crippen MR) is 110 cm³/mol. The van der Waals surface area contributed by atoms with Gasteiger partial charge in [0.2, 0.25) is 5.91 Å². The van der Waals surface area contributed by atoms with Gasteiger partial charge in [-0.15, -0.1) is 10.2 Å². The first-order valence-electron chi connectivity index (χ1n) is 8.69. The lowest BCUT2D eigenvalue weighted by Crippen LogP contribution is -2.14. The minimum Gasteiger partial charge on any atom is -0.427 e. The van der Waals surface area contributed by atoms with Crippen LogP contribution in [0.2, 0.25) is 0 Å². The van der Waals surface area contributed by atoms with Crippen LogP contribution >= 0.6 is 11.8 Å². The SMILES string of the molecule is CC(=O)Oc1cccc(NC(=O)CSc2nnc(-c3cccc([N+](=O)[O-])c3)n2C)c1. The third-order valence-corrected chi connectivity index (χ3v) is 4.88. The van der Waals surface area contributed by atoms with E-state index in [9.17, 15) is 19.7 Å². The van der Waals surface area contributed by atoms with Crippen molar-refractivity contribution in [3.05, 3.63) is 58.6 Å². The summed E-state index contributed by atoms with van der Waals surface area (Å²) >= 11 is 1.17. The number of nitro groups is 1. The maximum absolute atomic E-state index is 12.3. The van der Waals surface area contributed by atoms with Gasteiger partial charge >= 0.3 is 5.97 Å². The van der Waals surface area contributed by atoms with Crippen molar-refractivity contribution in [2.45, 2.75) is 12.1 Å². The van der Waals surface area contributed by atoms with E-state index in [1.807, 2.05) is 0 Å². The number of nitrogens with one attached hydrogen (secondary N) is 1. The fourth-order valence-electron chi connectivity index (χ4n) is 2.58. The zero-order valence-corrected chi connectivity index (χ0v) is 16.9. The number of hydrogen-bond acceptors (Lipinski definition) is 8. The van der Waals surface area contributed by atoms with Crippen molar-refractivity contribution in [3.63, 3.8) is 0 Å². The molecule has 0 atom stereocenters. The van der Waals surface area contributed by atoms with Gasteiger partial charge in [-0.3, -0.25) is 19.7 Å². The molecule has 30 heavy (non-hydrogen) atoms. The highest BCUT2D eigenvalue weighted by Crippen LogP contribution is 2.25. The van der Waals surface area contributed by atoms with Gasteiger partial charge in [-0.2, -0.15) is 0 Å². The zero-order chi connectivity index (χ0) is 21.7. The van der Waals surface area contributed by atoms with Crippen LogP contribution in [0.1, 0.15) is 6.92 Å². The van der Waals surface area contributed by atoms with Crippen molar-refractivity contribution < 1.29 is 19.2 Å². The quantitative estimate of drug-likeness (QED) is 0.200. The molecule has 0 aliphatic heterocycles. The van der Waals surface area contributed by atoms with E-state index in [1.54, 1.807) is 48.0 Å². The number of carbonyl (C=O) groups is 2. The summed E-state index contributed by atoms with van der Waals surface area (Å²) in [6.07, 6.45) is 0. The molecule has 0 saturated carbocycles. The van der Waals surface area contributed by atoms with Gasteiger partial charge in [-0.1, -0.05) is 30.0 Å². The van der Waals surface area contributed by atoms with Gasteiger partial charge < -0.3 is 14.6 Å². The third kappa shape index (κ3) is 5.20. The Kier molecular flexibility index (Phi) is 6.42. The Hall–Kier alpha value is -3.73. The summed E-state index contributed by atoms with van der Waals surface area (Å²) in [6.45, 7) is 1.30. The molecule has 1 amide bonds. The molecular weight excluding hydrogens is 410 g/mol. The summed E-state index contributed by atoms with van der Waals surface area (Å²) < 4.78 is 6.66. The molecule has 0 fully saturated rings. The van der Waals surface area contributed by atoms with Crippen molar-refractivity contribution in [3.8, 4) is 17.1 Å². The van der Waals surface area contributed by atoms with Crippen LogP contribution in [-0.2, 0) is 16.6 Å². The van der Waals surface area contributed by atoms with E-state index in [4.69, 9.17) is 4.74 Å². The number of amides is 1. The van der Waals surface area contributed by atoms with Crippen LogP contribution in [0, 0.1) is 10.1 Å². The number of ether oxygens (including phenoxy) is 1. The lowest BCUT2D eigenvalue weighted by molar-refractivity contribution is -0.384. The van der Waals surface area contributed by atoms with E-state index in [1.165, 1.54) is 30.8 Å². The van der Waals surface area contributed by atoms with Crippen molar-refractivity contribution in [2.24, 2.45) is 7.05 Å². The normalized spacial score (nSPS) is 10.5. The van der Waals surface area contributed by atoms with Crippen molar-refractivity contribution in [1.29, 1.82) is 0 Å². The number of nitro benzene ring substituents is 1. The maximum Gasteiger partial charge on any atom is 0.308 e. The highest BCUT2D eigenvalue weighted by Gasteiger charge is 2.15. The van der Waals surface area contributed by atoms with Crippen LogP contribution < -0.4 is 10.1 Å². The lowest BCUT2D eigenvalue weighted by Gasteiger charge is -2.07. The topological polar surface area (TPSA) is 129 Å². The number of esters is 1. The Labute approximate surface area is 175 Å². The Morgan fingerprint density at radius 3 is 2.70 bits per heavy atom. The molecule has 2 aromatic carbocycles. The average Bonchev–Trinajstić information content (AvgIpc) is 3.06. The molecule has 1 heterocycles. The average molecular weight is 427 g/mol.